The molecule has 0 amide bonds. The fourth-order valence-corrected chi connectivity index (χ4v) is 2.15. The maximum Gasteiger partial charge on any atom is 0.327 e. The Balaban J connectivity index is 2.39. The number of anilines is 1. The number of nitrogens with zero attached hydrogens (tertiary/aromatic N) is 2. The molecule has 0 spiro atoms. The van der Waals surface area contributed by atoms with E-state index in [0.717, 1.165) is 11.6 Å². The van der Waals surface area contributed by atoms with E-state index in [-0.39, 0.29) is 18.8 Å². The summed E-state index contributed by atoms with van der Waals surface area (Å²) in [5, 5.41) is 20.2. The predicted molar refractivity (Wildman–Crippen MR) is 77.6 cm³/mol. The molecule has 0 saturated heterocycles. The minimum absolute atomic E-state index is 0.165. The number of hydrogen-bond donors (Lipinski definition) is 1. The quantitative estimate of drug-likeness (QED) is 0.656. The fraction of sp³-hybridized carbons (Fsp3) is 0.200. The van der Waals surface area contributed by atoms with Crippen molar-refractivity contribution in [3.8, 4) is 0 Å². The summed E-state index contributed by atoms with van der Waals surface area (Å²) >= 11 is 0. The van der Waals surface area contributed by atoms with Crippen LogP contribution in [0.2, 0.25) is 0 Å². The minimum atomic E-state index is -0.881. The van der Waals surface area contributed by atoms with Crippen LogP contribution in [0, 0.1) is 15.9 Å². The Morgan fingerprint density at radius 2 is 1.86 bits per heavy atom. The number of halogens is 1. The Morgan fingerprint density at radius 3 is 2.48 bits per heavy atom. The van der Waals surface area contributed by atoms with Crippen LogP contribution in [-0.2, 0) is 6.54 Å². The second-order valence-electron chi connectivity index (χ2n) is 4.50. The third kappa shape index (κ3) is 3.55. The van der Waals surface area contributed by atoms with Crippen LogP contribution in [0.15, 0.2) is 48.5 Å². The lowest BCUT2D eigenvalue weighted by Crippen LogP contribution is -2.27. The summed E-state index contributed by atoms with van der Waals surface area (Å²) in [6.07, 6.45) is 0. The van der Waals surface area contributed by atoms with Gasteiger partial charge in [0, 0.05) is 13.1 Å². The van der Waals surface area contributed by atoms with E-state index in [0.29, 0.717) is 6.54 Å². The van der Waals surface area contributed by atoms with Gasteiger partial charge < -0.3 is 10.0 Å². The Bertz CT molecular complexity index is 620. The molecule has 0 radical (unpaired) electrons. The van der Waals surface area contributed by atoms with Gasteiger partial charge in [-0.25, -0.2) is 0 Å². The Hall–Kier alpha value is -2.47. The molecule has 2 aromatic carbocycles. The molecule has 1 N–H and O–H groups in total. The standard InChI is InChI=1S/C15H15FN2O3/c16-13-7-4-8-14(15(13)18(20)21)17(9-10-19)11-12-5-2-1-3-6-12/h1-8,19H,9-11H2. The van der Waals surface area contributed by atoms with Gasteiger partial charge in [-0.15, -0.1) is 0 Å². The molecule has 6 heteroatoms. The summed E-state index contributed by atoms with van der Waals surface area (Å²) in [5.41, 5.74) is 0.518. The van der Waals surface area contributed by atoms with Crippen molar-refractivity contribution in [3.05, 3.63) is 70.0 Å². The highest BCUT2D eigenvalue weighted by Crippen LogP contribution is 2.31. The first-order chi connectivity index (χ1) is 10.1. The molecular formula is C15H15FN2O3. The summed E-state index contributed by atoms with van der Waals surface area (Å²) in [7, 11) is 0. The molecule has 21 heavy (non-hydrogen) atoms. The molecule has 0 atom stereocenters. The number of aliphatic hydroxyl groups is 1. The van der Waals surface area contributed by atoms with Gasteiger partial charge in [0.2, 0.25) is 5.82 Å². The van der Waals surface area contributed by atoms with E-state index in [9.17, 15) is 14.5 Å². The molecule has 0 aliphatic carbocycles. The van der Waals surface area contributed by atoms with E-state index >= 15 is 0 Å². The van der Waals surface area contributed by atoms with Crippen molar-refractivity contribution in [1.82, 2.24) is 0 Å². The zero-order chi connectivity index (χ0) is 15.2. The lowest BCUT2D eigenvalue weighted by atomic mass is 10.1. The third-order valence-corrected chi connectivity index (χ3v) is 3.07. The Morgan fingerprint density at radius 1 is 1.14 bits per heavy atom. The average Bonchev–Trinajstić information content (AvgIpc) is 2.47. The number of nitro benzene ring substituents is 1. The van der Waals surface area contributed by atoms with Gasteiger partial charge in [-0.2, -0.15) is 4.39 Å². The van der Waals surface area contributed by atoms with Gasteiger partial charge in [0.15, 0.2) is 0 Å². The van der Waals surface area contributed by atoms with Crippen LogP contribution in [0.5, 0.6) is 0 Å². The highest BCUT2D eigenvalue weighted by molar-refractivity contribution is 5.64. The number of rotatable bonds is 6. The van der Waals surface area contributed by atoms with Crippen LogP contribution in [0.3, 0.4) is 0 Å². The average molecular weight is 290 g/mol. The SMILES string of the molecule is O=[N+]([O-])c1c(F)cccc1N(CCO)Cc1ccccc1. The summed E-state index contributed by atoms with van der Waals surface area (Å²) < 4.78 is 13.7. The van der Waals surface area contributed by atoms with E-state index in [1.54, 1.807) is 4.90 Å². The van der Waals surface area contributed by atoms with E-state index in [4.69, 9.17) is 5.11 Å². The molecule has 110 valence electrons. The topological polar surface area (TPSA) is 66.6 Å². The van der Waals surface area contributed by atoms with Crippen LogP contribution in [-0.4, -0.2) is 23.2 Å². The van der Waals surface area contributed by atoms with Crippen LogP contribution in [0.25, 0.3) is 0 Å². The molecule has 0 aromatic heterocycles. The van der Waals surface area contributed by atoms with E-state index in [2.05, 4.69) is 0 Å². The summed E-state index contributed by atoms with van der Waals surface area (Å²) in [4.78, 5) is 11.9. The molecule has 5 nitrogen and oxygen atoms in total. The first kappa shape index (κ1) is 14.9. The molecule has 0 heterocycles. The second-order valence-corrected chi connectivity index (χ2v) is 4.50. The Labute approximate surface area is 121 Å². The largest absolute Gasteiger partial charge is 0.395 e. The minimum Gasteiger partial charge on any atom is -0.395 e. The lowest BCUT2D eigenvalue weighted by Gasteiger charge is -2.23. The smallest absolute Gasteiger partial charge is 0.327 e. The van der Waals surface area contributed by atoms with Crippen LogP contribution < -0.4 is 4.90 Å². The van der Waals surface area contributed by atoms with Crippen LogP contribution in [0.1, 0.15) is 5.56 Å². The van der Waals surface area contributed by atoms with E-state index in [1.165, 1.54) is 12.1 Å². The number of aliphatic hydroxyl groups excluding tert-OH is 1. The van der Waals surface area contributed by atoms with Crippen molar-refractivity contribution in [1.29, 1.82) is 0 Å². The molecule has 2 rings (SSSR count). The third-order valence-electron chi connectivity index (χ3n) is 3.07. The van der Waals surface area contributed by atoms with E-state index in [1.807, 2.05) is 30.3 Å². The van der Waals surface area contributed by atoms with Gasteiger partial charge >= 0.3 is 5.69 Å². The molecule has 0 bridgehead atoms. The number of nitro groups is 1. The highest BCUT2D eigenvalue weighted by atomic mass is 19.1. The van der Waals surface area contributed by atoms with Crippen molar-refractivity contribution in [2.45, 2.75) is 6.54 Å². The molecule has 0 aliphatic heterocycles. The van der Waals surface area contributed by atoms with Gasteiger partial charge in [-0.05, 0) is 17.7 Å². The monoisotopic (exact) mass is 290 g/mol. The molecular weight excluding hydrogens is 275 g/mol. The van der Waals surface area contributed by atoms with Crippen molar-refractivity contribution < 1.29 is 14.4 Å². The summed E-state index contributed by atoms with van der Waals surface area (Å²) in [6.45, 7) is 0.353. The van der Waals surface area contributed by atoms with Crippen molar-refractivity contribution >= 4 is 11.4 Å². The fourth-order valence-electron chi connectivity index (χ4n) is 2.15. The highest BCUT2D eigenvalue weighted by Gasteiger charge is 2.24. The van der Waals surface area contributed by atoms with Crippen molar-refractivity contribution in [2.75, 3.05) is 18.1 Å². The zero-order valence-corrected chi connectivity index (χ0v) is 11.3. The van der Waals surface area contributed by atoms with Crippen LogP contribution in [0.4, 0.5) is 15.8 Å². The summed E-state index contributed by atoms with van der Waals surface area (Å²) in [5.74, 6) is -0.881. The normalized spacial score (nSPS) is 10.4. The molecule has 0 aliphatic rings. The summed E-state index contributed by atoms with van der Waals surface area (Å²) in [6, 6.07) is 13.3. The van der Waals surface area contributed by atoms with Gasteiger partial charge in [0.05, 0.1) is 11.5 Å². The number of para-hydroxylation sites is 1. The zero-order valence-electron chi connectivity index (χ0n) is 11.3. The molecule has 0 saturated carbocycles. The molecule has 2 aromatic rings. The number of hydrogen-bond acceptors (Lipinski definition) is 4. The number of benzene rings is 2. The molecule has 0 unspecified atom stereocenters. The van der Waals surface area contributed by atoms with E-state index < -0.39 is 16.4 Å². The van der Waals surface area contributed by atoms with Crippen LogP contribution >= 0.6 is 0 Å². The van der Waals surface area contributed by atoms with Crippen molar-refractivity contribution in [3.63, 3.8) is 0 Å². The van der Waals surface area contributed by atoms with Gasteiger partial charge in [0.25, 0.3) is 0 Å². The first-order valence-corrected chi connectivity index (χ1v) is 6.46. The predicted octanol–water partition coefficient (Wildman–Crippen LogP) is 2.73. The maximum absolute atomic E-state index is 13.7. The Kier molecular flexibility index (Phi) is 4.84. The lowest BCUT2D eigenvalue weighted by molar-refractivity contribution is -0.386. The van der Waals surface area contributed by atoms with Crippen molar-refractivity contribution in [2.24, 2.45) is 0 Å². The van der Waals surface area contributed by atoms with Gasteiger partial charge in [0.1, 0.15) is 5.69 Å². The van der Waals surface area contributed by atoms with Gasteiger partial charge in [-0.3, -0.25) is 10.1 Å². The van der Waals surface area contributed by atoms with Gasteiger partial charge in [-0.1, -0.05) is 36.4 Å². The maximum atomic E-state index is 13.7. The second kappa shape index (κ2) is 6.81. The first-order valence-electron chi connectivity index (χ1n) is 6.46. The molecule has 0 fully saturated rings.